The average Bonchev–Trinajstić information content (AvgIpc) is 3.40. The van der Waals surface area contributed by atoms with Gasteiger partial charge in [-0.1, -0.05) is 6.42 Å². The Balaban J connectivity index is 1.34. The quantitative estimate of drug-likeness (QED) is 0.781. The Bertz CT molecular complexity index is 659. The van der Waals surface area contributed by atoms with Gasteiger partial charge in [0.2, 0.25) is 5.91 Å². The minimum Gasteiger partial charge on any atom is -0.468 e. The van der Waals surface area contributed by atoms with Gasteiger partial charge in [0.1, 0.15) is 11.5 Å². The molecule has 0 spiro atoms. The largest absolute Gasteiger partial charge is 0.468 e. The molecule has 2 aromatic rings. The first-order chi connectivity index (χ1) is 12.7. The van der Waals surface area contributed by atoms with Crippen LogP contribution in [-0.4, -0.2) is 23.4 Å². The van der Waals surface area contributed by atoms with Crippen molar-refractivity contribution in [3.8, 4) is 0 Å². The summed E-state index contributed by atoms with van der Waals surface area (Å²) in [5.41, 5.74) is 0. The fraction of sp³-hybridized carbons (Fsp3) is 0.571. The number of fused-ring (bicyclic) bond motifs is 2. The highest BCUT2D eigenvalue weighted by molar-refractivity contribution is 5.78. The van der Waals surface area contributed by atoms with Crippen LogP contribution >= 0.6 is 0 Å². The molecule has 1 amide bonds. The Morgan fingerprint density at radius 3 is 2.35 bits per heavy atom. The van der Waals surface area contributed by atoms with Gasteiger partial charge < -0.3 is 14.2 Å². The third kappa shape index (κ3) is 4.04. The zero-order valence-corrected chi connectivity index (χ0v) is 15.4. The van der Waals surface area contributed by atoms with Crippen molar-refractivity contribution in [3.05, 3.63) is 48.3 Å². The maximum atomic E-state index is 12.7. The molecule has 2 saturated carbocycles. The molecule has 0 aromatic carbocycles. The topological polar surface area (TPSA) is 58.6 Å². The molecular weight excluding hydrogens is 328 g/mol. The number of furan rings is 2. The molecule has 0 saturated heterocycles. The Morgan fingerprint density at radius 2 is 1.85 bits per heavy atom. The fourth-order valence-corrected chi connectivity index (χ4v) is 4.93. The van der Waals surface area contributed by atoms with Crippen molar-refractivity contribution in [2.24, 2.45) is 17.8 Å². The first kappa shape index (κ1) is 17.4. The van der Waals surface area contributed by atoms with Crippen LogP contribution in [0.4, 0.5) is 0 Å². The summed E-state index contributed by atoms with van der Waals surface area (Å²) in [5.74, 6) is 4.16. The number of nitrogens with zero attached hydrogens (tertiary/aromatic N) is 1. The molecule has 2 bridgehead atoms. The molecule has 0 radical (unpaired) electrons. The summed E-state index contributed by atoms with van der Waals surface area (Å²) in [5, 5.41) is 3.25. The molecular formula is C21H28N2O3. The minimum atomic E-state index is 0.0818. The second-order valence-electron chi connectivity index (χ2n) is 8.00. The summed E-state index contributed by atoms with van der Waals surface area (Å²) in [4.78, 5) is 14.7. The first-order valence-corrected chi connectivity index (χ1v) is 9.74. The Morgan fingerprint density at radius 1 is 1.15 bits per heavy atom. The summed E-state index contributed by atoms with van der Waals surface area (Å²) in [6.07, 6.45) is 8.72. The van der Waals surface area contributed by atoms with Gasteiger partial charge in [0.15, 0.2) is 0 Å². The molecule has 140 valence electrons. The highest BCUT2D eigenvalue weighted by atomic mass is 16.3. The van der Waals surface area contributed by atoms with Crippen molar-refractivity contribution in [2.75, 3.05) is 6.54 Å². The SMILES string of the molecule is CC(NC(=O)CN(Cc1ccco1)Cc1ccco1)C1CC2CCC1C2. The Hall–Kier alpha value is -2.01. The lowest BCUT2D eigenvalue weighted by atomic mass is 9.84. The summed E-state index contributed by atoms with van der Waals surface area (Å²) >= 11 is 0. The van der Waals surface area contributed by atoms with Gasteiger partial charge >= 0.3 is 0 Å². The van der Waals surface area contributed by atoms with Gasteiger partial charge in [-0.25, -0.2) is 0 Å². The third-order valence-electron chi connectivity index (χ3n) is 6.11. The van der Waals surface area contributed by atoms with E-state index in [1.807, 2.05) is 24.3 Å². The number of hydrogen-bond donors (Lipinski definition) is 1. The summed E-state index contributed by atoms with van der Waals surface area (Å²) < 4.78 is 10.9. The standard InChI is InChI=1S/C21H28N2O3/c1-15(20-11-16-6-7-17(20)10-16)22-21(24)14-23(12-18-4-2-8-25-18)13-19-5-3-9-26-19/h2-5,8-9,15-17,20H,6-7,10-14H2,1H3,(H,22,24). The van der Waals surface area contributed by atoms with Crippen LogP contribution < -0.4 is 5.32 Å². The second-order valence-corrected chi connectivity index (χ2v) is 8.00. The van der Waals surface area contributed by atoms with Crippen LogP contribution in [-0.2, 0) is 17.9 Å². The van der Waals surface area contributed by atoms with Gasteiger partial charge in [-0.15, -0.1) is 0 Å². The van der Waals surface area contributed by atoms with Crippen LogP contribution in [0.1, 0.15) is 44.1 Å². The number of rotatable bonds is 8. The van der Waals surface area contributed by atoms with E-state index in [1.54, 1.807) is 12.5 Å². The van der Waals surface area contributed by atoms with Gasteiger partial charge in [-0.05, 0) is 68.2 Å². The van der Waals surface area contributed by atoms with Crippen molar-refractivity contribution >= 4 is 5.91 Å². The van der Waals surface area contributed by atoms with E-state index >= 15 is 0 Å². The van der Waals surface area contributed by atoms with E-state index in [2.05, 4.69) is 17.1 Å². The van der Waals surface area contributed by atoms with Crippen LogP contribution in [0.25, 0.3) is 0 Å². The van der Waals surface area contributed by atoms with Gasteiger partial charge in [-0.3, -0.25) is 9.69 Å². The first-order valence-electron chi connectivity index (χ1n) is 9.74. The molecule has 5 nitrogen and oxygen atoms in total. The number of nitrogens with one attached hydrogen (secondary N) is 1. The van der Waals surface area contributed by atoms with Gasteiger partial charge in [-0.2, -0.15) is 0 Å². The normalized spacial score (nSPS) is 25.7. The maximum Gasteiger partial charge on any atom is 0.234 e. The molecule has 2 aliphatic rings. The molecule has 0 aliphatic heterocycles. The third-order valence-corrected chi connectivity index (χ3v) is 6.11. The zero-order chi connectivity index (χ0) is 17.9. The lowest BCUT2D eigenvalue weighted by Gasteiger charge is -2.29. The van der Waals surface area contributed by atoms with Crippen LogP contribution in [0.3, 0.4) is 0 Å². The summed E-state index contributed by atoms with van der Waals surface area (Å²) in [7, 11) is 0. The molecule has 4 unspecified atom stereocenters. The van der Waals surface area contributed by atoms with E-state index in [0.29, 0.717) is 25.6 Å². The molecule has 5 heteroatoms. The van der Waals surface area contributed by atoms with E-state index in [0.717, 1.165) is 23.4 Å². The maximum absolute atomic E-state index is 12.7. The molecule has 2 fully saturated rings. The highest BCUT2D eigenvalue weighted by Crippen LogP contribution is 2.49. The highest BCUT2D eigenvalue weighted by Gasteiger charge is 2.42. The van der Waals surface area contributed by atoms with E-state index in [4.69, 9.17) is 8.83 Å². The predicted octanol–water partition coefficient (Wildman–Crippen LogP) is 3.82. The molecule has 4 rings (SSSR count). The van der Waals surface area contributed by atoms with Crippen molar-refractivity contribution in [1.82, 2.24) is 10.2 Å². The molecule has 2 heterocycles. The lowest BCUT2D eigenvalue weighted by Crippen LogP contribution is -2.44. The van der Waals surface area contributed by atoms with E-state index in [1.165, 1.54) is 25.7 Å². The Labute approximate surface area is 154 Å². The molecule has 2 aliphatic carbocycles. The van der Waals surface area contributed by atoms with Crippen molar-refractivity contribution in [2.45, 2.75) is 51.7 Å². The van der Waals surface area contributed by atoms with Crippen molar-refractivity contribution < 1.29 is 13.6 Å². The molecule has 26 heavy (non-hydrogen) atoms. The van der Waals surface area contributed by atoms with Gasteiger partial charge in [0.25, 0.3) is 0 Å². The smallest absolute Gasteiger partial charge is 0.234 e. The molecule has 4 atom stereocenters. The number of carbonyl (C=O) groups excluding carboxylic acids is 1. The van der Waals surface area contributed by atoms with Crippen LogP contribution in [0.15, 0.2) is 45.6 Å². The Kier molecular flexibility index (Phi) is 5.16. The minimum absolute atomic E-state index is 0.0818. The molecule has 1 N–H and O–H groups in total. The fourth-order valence-electron chi connectivity index (χ4n) is 4.93. The zero-order valence-electron chi connectivity index (χ0n) is 15.4. The second kappa shape index (κ2) is 7.70. The van der Waals surface area contributed by atoms with Gasteiger partial charge in [0.05, 0.1) is 32.2 Å². The summed E-state index contributed by atoms with van der Waals surface area (Å²) in [6.45, 7) is 3.69. The number of carbonyl (C=O) groups is 1. The number of hydrogen-bond acceptors (Lipinski definition) is 4. The van der Waals surface area contributed by atoms with E-state index in [-0.39, 0.29) is 11.9 Å². The predicted molar refractivity (Wildman–Crippen MR) is 98.1 cm³/mol. The molecule has 2 aromatic heterocycles. The van der Waals surface area contributed by atoms with Crippen LogP contribution in [0.2, 0.25) is 0 Å². The van der Waals surface area contributed by atoms with Gasteiger partial charge in [0, 0.05) is 6.04 Å². The van der Waals surface area contributed by atoms with E-state index < -0.39 is 0 Å². The van der Waals surface area contributed by atoms with Crippen LogP contribution in [0, 0.1) is 17.8 Å². The average molecular weight is 356 g/mol. The van der Waals surface area contributed by atoms with E-state index in [9.17, 15) is 4.79 Å². The van der Waals surface area contributed by atoms with Crippen LogP contribution in [0.5, 0.6) is 0 Å². The van der Waals surface area contributed by atoms with Crippen molar-refractivity contribution in [1.29, 1.82) is 0 Å². The lowest BCUT2D eigenvalue weighted by molar-refractivity contribution is -0.123. The summed E-state index contributed by atoms with van der Waals surface area (Å²) in [6, 6.07) is 7.87. The monoisotopic (exact) mass is 356 g/mol. The van der Waals surface area contributed by atoms with Crippen molar-refractivity contribution in [3.63, 3.8) is 0 Å². The number of amides is 1.